The molecule has 0 bridgehead atoms. The molecule has 0 fully saturated rings. The molecule has 0 saturated heterocycles. The van der Waals surface area contributed by atoms with Crippen LogP contribution in [0.15, 0.2) is 180 Å². The number of hydrogen-bond donors (Lipinski definition) is 0. The lowest BCUT2D eigenvalue weighted by atomic mass is 9.96. The van der Waals surface area contributed by atoms with Crippen LogP contribution in [-0.2, 0) is 0 Å². The molecule has 0 radical (unpaired) electrons. The normalized spacial score (nSPS) is 13.9. The maximum Gasteiger partial charge on any atom is 0.137 e. The summed E-state index contributed by atoms with van der Waals surface area (Å²) in [5.74, 6) is 0.379. The van der Waals surface area contributed by atoms with Crippen molar-refractivity contribution in [1.29, 1.82) is 0 Å². The third kappa shape index (κ3) is 5.11. The van der Waals surface area contributed by atoms with E-state index < -0.39 is 0 Å². The molecule has 1 aliphatic rings. The summed E-state index contributed by atoms with van der Waals surface area (Å²) in [6, 6.07) is 59.2. The first-order chi connectivity index (χ1) is 25.7. The second kappa shape index (κ2) is 12.3. The fourth-order valence-corrected chi connectivity index (χ4v) is 7.94. The average Bonchev–Trinajstić information content (AvgIpc) is 3.46. The Balaban J connectivity index is 1.22. The highest BCUT2D eigenvalue weighted by molar-refractivity contribution is 6.14. The van der Waals surface area contributed by atoms with Crippen molar-refractivity contribution in [3.63, 3.8) is 0 Å². The van der Waals surface area contributed by atoms with E-state index in [2.05, 4.69) is 200 Å². The van der Waals surface area contributed by atoms with Gasteiger partial charge in [0.05, 0.1) is 11.1 Å². The molecule has 2 nitrogen and oxygen atoms in total. The van der Waals surface area contributed by atoms with Crippen LogP contribution in [-0.4, -0.2) is 0 Å². The minimum absolute atomic E-state index is 0.379. The van der Waals surface area contributed by atoms with Crippen LogP contribution in [0.25, 0.3) is 77.9 Å². The largest absolute Gasteiger partial charge is 0.456 e. The van der Waals surface area contributed by atoms with E-state index in [9.17, 15) is 0 Å². The van der Waals surface area contributed by atoms with Crippen molar-refractivity contribution in [3.05, 3.63) is 187 Å². The van der Waals surface area contributed by atoms with E-state index in [0.717, 1.165) is 39.0 Å². The lowest BCUT2D eigenvalue weighted by Gasteiger charge is -2.27. The number of anilines is 3. The quantitative estimate of drug-likeness (QED) is 0.182. The predicted molar refractivity (Wildman–Crippen MR) is 222 cm³/mol. The summed E-state index contributed by atoms with van der Waals surface area (Å²) in [6.07, 6.45) is 8.98. The molecule has 2 heteroatoms. The molecular weight excluding hydrogens is 631 g/mol. The Bertz CT molecular complexity index is 2760. The number of rotatable bonds is 5. The Hall–Kier alpha value is -6.64. The lowest BCUT2D eigenvalue weighted by molar-refractivity contribution is 0.669. The van der Waals surface area contributed by atoms with Gasteiger partial charge in [0.15, 0.2) is 0 Å². The Morgan fingerprint density at radius 2 is 1.00 bits per heavy atom. The van der Waals surface area contributed by atoms with E-state index >= 15 is 0 Å². The van der Waals surface area contributed by atoms with Gasteiger partial charge in [0.1, 0.15) is 11.2 Å². The Labute approximate surface area is 303 Å². The number of nitrogens with zero attached hydrogens (tertiary/aromatic N) is 1. The number of hydrogen-bond acceptors (Lipinski definition) is 2. The third-order valence-corrected chi connectivity index (χ3v) is 10.5. The van der Waals surface area contributed by atoms with Gasteiger partial charge >= 0.3 is 0 Å². The van der Waals surface area contributed by atoms with Crippen LogP contribution in [0.5, 0.6) is 0 Å². The third-order valence-electron chi connectivity index (χ3n) is 10.5. The van der Waals surface area contributed by atoms with E-state index in [1.54, 1.807) is 0 Å². The van der Waals surface area contributed by atoms with Gasteiger partial charge in [0.2, 0.25) is 0 Å². The number of benzene rings is 8. The van der Waals surface area contributed by atoms with Crippen molar-refractivity contribution < 1.29 is 4.42 Å². The van der Waals surface area contributed by atoms with E-state index in [1.165, 1.54) is 54.9 Å². The SMILES string of the molecule is C[C@H]1C=Cc2cc3oc4cccc(N(c5cccc(-c6cccc7ccccc67)c5)c5cccc(-c6cccc7ccccc67)c5)c4c3cc2C=C1. The molecule has 0 amide bonds. The summed E-state index contributed by atoms with van der Waals surface area (Å²) in [7, 11) is 0. The summed E-state index contributed by atoms with van der Waals surface area (Å²) in [5, 5.41) is 7.16. The molecule has 10 rings (SSSR count). The molecule has 52 heavy (non-hydrogen) atoms. The minimum atomic E-state index is 0.379. The van der Waals surface area contributed by atoms with Gasteiger partial charge in [-0.2, -0.15) is 0 Å². The van der Waals surface area contributed by atoms with Crippen molar-refractivity contribution in [2.24, 2.45) is 5.92 Å². The zero-order valence-electron chi connectivity index (χ0n) is 28.8. The van der Waals surface area contributed by atoms with E-state index in [1.807, 2.05) is 0 Å². The molecule has 1 atom stereocenters. The highest BCUT2D eigenvalue weighted by Crippen LogP contribution is 2.45. The van der Waals surface area contributed by atoms with E-state index in [0.29, 0.717) is 5.92 Å². The van der Waals surface area contributed by atoms with Crippen LogP contribution in [0.3, 0.4) is 0 Å². The van der Waals surface area contributed by atoms with Gasteiger partial charge in [-0.25, -0.2) is 0 Å². The maximum atomic E-state index is 6.65. The first-order valence-electron chi connectivity index (χ1n) is 18.0. The molecule has 1 aliphatic carbocycles. The van der Waals surface area contributed by atoms with Crippen molar-refractivity contribution in [1.82, 2.24) is 0 Å². The fraction of sp³-hybridized carbons (Fsp3) is 0.0400. The average molecular weight is 666 g/mol. The van der Waals surface area contributed by atoms with Gasteiger partial charge < -0.3 is 9.32 Å². The zero-order valence-corrected chi connectivity index (χ0v) is 28.8. The highest BCUT2D eigenvalue weighted by atomic mass is 16.3. The number of fused-ring (bicyclic) bond motifs is 6. The molecule has 0 aliphatic heterocycles. The van der Waals surface area contributed by atoms with Crippen molar-refractivity contribution in [3.8, 4) is 22.3 Å². The summed E-state index contributed by atoms with van der Waals surface area (Å²) >= 11 is 0. The highest BCUT2D eigenvalue weighted by Gasteiger charge is 2.22. The molecule has 1 aromatic heterocycles. The second-order valence-corrected chi connectivity index (χ2v) is 13.8. The molecule has 1 heterocycles. The molecule has 0 unspecified atom stereocenters. The van der Waals surface area contributed by atoms with E-state index in [4.69, 9.17) is 4.42 Å². The van der Waals surface area contributed by atoms with Gasteiger partial charge in [0, 0.05) is 16.8 Å². The smallest absolute Gasteiger partial charge is 0.137 e. The Kier molecular flexibility index (Phi) is 7.14. The molecule has 0 spiro atoms. The number of furan rings is 1. The summed E-state index contributed by atoms with van der Waals surface area (Å²) in [5.41, 5.74) is 12.1. The monoisotopic (exact) mass is 665 g/mol. The van der Waals surface area contributed by atoms with Gasteiger partial charge in [-0.05, 0) is 109 Å². The standard InChI is InChI=1S/C50H35NO/c1-33-25-27-36-31-46-49(32-37(36)28-26-33)52-48-24-10-23-47(50(46)48)51(40-17-6-15-38(29-40)44-21-8-13-34-11-2-4-19-42(34)44)41-18-7-16-39(30-41)45-22-9-14-35-12-3-5-20-43(35)45/h2-33H,1H3/t33-/m1/s1. The van der Waals surface area contributed by atoms with Gasteiger partial charge in [-0.3, -0.25) is 0 Å². The Morgan fingerprint density at radius 1 is 0.462 bits per heavy atom. The first kappa shape index (κ1) is 30.2. The summed E-state index contributed by atoms with van der Waals surface area (Å²) in [6.45, 7) is 2.22. The molecule has 0 saturated carbocycles. The number of allylic oxidation sites excluding steroid dienone is 2. The van der Waals surface area contributed by atoms with Crippen LogP contribution >= 0.6 is 0 Å². The lowest BCUT2D eigenvalue weighted by Crippen LogP contribution is -2.10. The molecule has 9 aromatic rings. The van der Waals surface area contributed by atoms with Gasteiger partial charge in [-0.1, -0.05) is 146 Å². The van der Waals surface area contributed by atoms with Gasteiger partial charge in [-0.15, -0.1) is 0 Å². The molecule has 246 valence electrons. The van der Waals surface area contributed by atoms with Crippen LogP contribution in [0.1, 0.15) is 18.1 Å². The van der Waals surface area contributed by atoms with Crippen molar-refractivity contribution in [2.75, 3.05) is 4.90 Å². The Morgan fingerprint density at radius 3 is 1.63 bits per heavy atom. The summed E-state index contributed by atoms with van der Waals surface area (Å²) in [4.78, 5) is 2.41. The van der Waals surface area contributed by atoms with Crippen LogP contribution in [0.4, 0.5) is 17.1 Å². The van der Waals surface area contributed by atoms with Crippen LogP contribution < -0.4 is 4.90 Å². The van der Waals surface area contributed by atoms with Gasteiger partial charge in [0.25, 0.3) is 0 Å². The molecular formula is C50H35NO. The minimum Gasteiger partial charge on any atom is -0.456 e. The van der Waals surface area contributed by atoms with Crippen molar-refractivity contribution >= 4 is 72.7 Å². The van der Waals surface area contributed by atoms with Crippen LogP contribution in [0, 0.1) is 5.92 Å². The topological polar surface area (TPSA) is 16.4 Å². The molecule has 8 aromatic carbocycles. The summed E-state index contributed by atoms with van der Waals surface area (Å²) < 4.78 is 6.65. The zero-order chi connectivity index (χ0) is 34.6. The van der Waals surface area contributed by atoms with E-state index in [-0.39, 0.29) is 0 Å². The second-order valence-electron chi connectivity index (χ2n) is 13.8. The first-order valence-corrected chi connectivity index (χ1v) is 18.0. The van der Waals surface area contributed by atoms with Crippen LogP contribution in [0.2, 0.25) is 0 Å². The van der Waals surface area contributed by atoms with Crippen molar-refractivity contribution in [2.45, 2.75) is 6.92 Å². The maximum absolute atomic E-state index is 6.65. The molecule has 0 N–H and O–H groups in total. The predicted octanol–water partition coefficient (Wildman–Crippen LogP) is 14.4. The fourth-order valence-electron chi connectivity index (χ4n) is 7.94.